The molecule has 1 saturated carbocycles. The molecule has 0 radical (unpaired) electrons. The average molecular weight is 229 g/mol. The first-order chi connectivity index (χ1) is 7.78. The van der Waals surface area contributed by atoms with Crippen LogP contribution in [0.1, 0.15) is 12.8 Å². The summed E-state index contributed by atoms with van der Waals surface area (Å²) < 4.78 is 15.7. The van der Waals surface area contributed by atoms with Crippen LogP contribution in [-0.4, -0.2) is 64.7 Å². The molecule has 2 aliphatic rings. The van der Waals surface area contributed by atoms with Gasteiger partial charge in [0, 0.05) is 39.3 Å². The predicted octanol–water partition coefficient (Wildman–Crippen LogP) is 0.760. The van der Waals surface area contributed by atoms with Crippen LogP contribution < -0.4 is 0 Å². The molecule has 0 atom stereocenters. The van der Waals surface area contributed by atoms with Gasteiger partial charge in [-0.3, -0.25) is 4.90 Å². The van der Waals surface area contributed by atoms with Crippen LogP contribution in [-0.2, 0) is 14.2 Å². The summed E-state index contributed by atoms with van der Waals surface area (Å²) in [7, 11) is 3.48. The van der Waals surface area contributed by atoms with E-state index in [-0.39, 0.29) is 0 Å². The molecule has 2 fully saturated rings. The smallest absolute Gasteiger partial charge is 0.0704 e. The minimum absolute atomic E-state index is 0.486. The number of hydrogen-bond acceptors (Lipinski definition) is 4. The molecule has 1 spiro atoms. The van der Waals surface area contributed by atoms with E-state index in [2.05, 4.69) is 4.90 Å². The summed E-state index contributed by atoms with van der Waals surface area (Å²) in [6, 6.07) is 0. The van der Waals surface area contributed by atoms with Crippen molar-refractivity contribution in [2.75, 3.05) is 53.7 Å². The first kappa shape index (κ1) is 12.3. The monoisotopic (exact) mass is 229 g/mol. The van der Waals surface area contributed by atoms with Crippen molar-refractivity contribution in [1.82, 2.24) is 4.90 Å². The van der Waals surface area contributed by atoms with E-state index in [1.54, 1.807) is 14.2 Å². The van der Waals surface area contributed by atoms with Gasteiger partial charge in [-0.2, -0.15) is 0 Å². The van der Waals surface area contributed by atoms with E-state index in [9.17, 15) is 0 Å². The Hall–Kier alpha value is -0.160. The topological polar surface area (TPSA) is 30.9 Å². The molecule has 4 nitrogen and oxygen atoms in total. The van der Waals surface area contributed by atoms with Crippen LogP contribution in [0.15, 0.2) is 0 Å². The van der Waals surface area contributed by atoms with Gasteiger partial charge in [0.1, 0.15) is 0 Å². The van der Waals surface area contributed by atoms with E-state index < -0.39 is 0 Å². The number of nitrogens with zero attached hydrogens (tertiary/aromatic N) is 1. The van der Waals surface area contributed by atoms with E-state index in [0.29, 0.717) is 18.1 Å². The lowest BCUT2D eigenvalue weighted by Gasteiger charge is -2.59. The highest BCUT2D eigenvalue weighted by Crippen LogP contribution is 2.49. The number of methoxy groups -OCH3 is 2. The maximum Gasteiger partial charge on any atom is 0.0704 e. The number of hydrogen-bond donors (Lipinski definition) is 0. The van der Waals surface area contributed by atoms with Crippen LogP contribution in [0, 0.1) is 5.41 Å². The van der Waals surface area contributed by atoms with Crippen molar-refractivity contribution in [2.24, 2.45) is 5.41 Å². The zero-order valence-corrected chi connectivity index (χ0v) is 10.4. The van der Waals surface area contributed by atoms with Gasteiger partial charge in [-0.1, -0.05) is 0 Å². The Morgan fingerprint density at radius 2 is 1.75 bits per heavy atom. The van der Waals surface area contributed by atoms with Crippen molar-refractivity contribution < 1.29 is 14.2 Å². The van der Waals surface area contributed by atoms with Gasteiger partial charge in [-0.05, 0) is 12.8 Å². The lowest BCUT2D eigenvalue weighted by Crippen LogP contribution is -2.64. The average Bonchev–Trinajstić information content (AvgIpc) is 2.17. The van der Waals surface area contributed by atoms with Crippen molar-refractivity contribution in [3.05, 3.63) is 0 Å². The fourth-order valence-electron chi connectivity index (χ4n) is 2.86. The summed E-state index contributed by atoms with van der Waals surface area (Å²) in [5.41, 5.74) is 0.589. The predicted molar refractivity (Wildman–Crippen MR) is 61.6 cm³/mol. The van der Waals surface area contributed by atoms with E-state index in [1.165, 1.54) is 25.9 Å². The van der Waals surface area contributed by atoms with Crippen molar-refractivity contribution in [2.45, 2.75) is 18.9 Å². The van der Waals surface area contributed by atoms with Gasteiger partial charge in [0.2, 0.25) is 0 Å². The van der Waals surface area contributed by atoms with Crippen LogP contribution >= 0.6 is 0 Å². The van der Waals surface area contributed by atoms with Crippen LogP contribution in [0.5, 0.6) is 0 Å². The highest BCUT2D eigenvalue weighted by Gasteiger charge is 2.52. The molecule has 0 aromatic rings. The van der Waals surface area contributed by atoms with Gasteiger partial charge in [0.15, 0.2) is 0 Å². The highest BCUT2D eigenvalue weighted by atomic mass is 16.5. The lowest BCUT2D eigenvalue weighted by molar-refractivity contribution is -0.156. The molecule has 0 amide bonds. The maximum absolute atomic E-state index is 5.70. The summed E-state index contributed by atoms with van der Waals surface area (Å²) in [4.78, 5) is 2.47. The molecule has 16 heavy (non-hydrogen) atoms. The Labute approximate surface area is 97.8 Å². The number of likely N-dealkylation sites (tertiary alicyclic amines) is 1. The van der Waals surface area contributed by atoms with Gasteiger partial charge in [-0.25, -0.2) is 0 Å². The summed E-state index contributed by atoms with van der Waals surface area (Å²) >= 11 is 0. The van der Waals surface area contributed by atoms with Crippen molar-refractivity contribution in [3.63, 3.8) is 0 Å². The van der Waals surface area contributed by atoms with Crippen molar-refractivity contribution in [1.29, 1.82) is 0 Å². The molecular weight excluding hydrogens is 206 g/mol. The molecule has 2 rings (SSSR count). The molecule has 0 aromatic heterocycles. The molecule has 0 aromatic carbocycles. The Balaban J connectivity index is 1.52. The van der Waals surface area contributed by atoms with E-state index in [4.69, 9.17) is 14.2 Å². The normalized spacial score (nSPS) is 24.4. The third-order valence-corrected chi connectivity index (χ3v) is 3.69. The SMILES string of the molecule is COCCOC1CC2(C1)CN(CCOC)C2. The minimum Gasteiger partial charge on any atom is -0.383 e. The maximum atomic E-state index is 5.70. The zero-order valence-electron chi connectivity index (χ0n) is 10.4. The summed E-state index contributed by atoms with van der Waals surface area (Å²) in [5.74, 6) is 0. The molecule has 4 heteroatoms. The van der Waals surface area contributed by atoms with Gasteiger partial charge in [0.05, 0.1) is 25.9 Å². The first-order valence-electron chi connectivity index (χ1n) is 6.10. The molecule has 94 valence electrons. The van der Waals surface area contributed by atoms with Gasteiger partial charge < -0.3 is 14.2 Å². The molecule has 1 saturated heterocycles. The molecule has 0 N–H and O–H groups in total. The van der Waals surface area contributed by atoms with E-state index in [1.807, 2.05) is 0 Å². The third kappa shape index (κ3) is 2.74. The second-order valence-electron chi connectivity index (χ2n) is 5.10. The fraction of sp³-hybridized carbons (Fsp3) is 1.00. The van der Waals surface area contributed by atoms with Crippen LogP contribution in [0.2, 0.25) is 0 Å². The van der Waals surface area contributed by atoms with Gasteiger partial charge in [0.25, 0.3) is 0 Å². The lowest BCUT2D eigenvalue weighted by atomic mass is 9.62. The molecule has 1 heterocycles. The molecule has 1 aliphatic carbocycles. The van der Waals surface area contributed by atoms with E-state index >= 15 is 0 Å². The quantitative estimate of drug-likeness (QED) is 0.603. The fourth-order valence-corrected chi connectivity index (χ4v) is 2.86. The molecular formula is C12H23NO3. The van der Waals surface area contributed by atoms with Crippen molar-refractivity contribution in [3.8, 4) is 0 Å². The second-order valence-corrected chi connectivity index (χ2v) is 5.10. The third-order valence-electron chi connectivity index (χ3n) is 3.69. The summed E-state index contributed by atoms with van der Waals surface area (Å²) in [6.07, 6.45) is 2.96. The Morgan fingerprint density at radius 1 is 1.06 bits per heavy atom. The summed E-state index contributed by atoms with van der Waals surface area (Å²) in [6.45, 7) is 5.85. The zero-order chi connectivity index (χ0) is 11.4. The molecule has 0 bridgehead atoms. The minimum atomic E-state index is 0.486. The standard InChI is InChI=1S/C12H23NO3/c1-14-4-3-13-9-12(10-13)7-11(8-12)16-6-5-15-2/h11H,3-10H2,1-2H3. The van der Waals surface area contributed by atoms with Crippen LogP contribution in [0.3, 0.4) is 0 Å². The van der Waals surface area contributed by atoms with Gasteiger partial charge >= 0.3 is 0 Å². The van der Waals surface area contributed by atoms with E-state index in [0.717, 1.165) is 19.8 Å². The second kappa shape index (κ2) is 5.45. The van der Waals surface area contributed by atoms with Crippen LogP contribution in [0.25, 0.3) is 0 Å². The van der Waals surface area contributed by atoms with Gasteiger partial charge in [-0.15, -0.1) is 0 Å². The molecule has 1 aliphatic heterocycles. The van der Waals surface area contributed by atoms with Crippen LogP contribution in [0.4, 0.5) is 0 Å². The number of ether oxygens (including phenoxy) is 3. The largest absolute Gasteiger partial charge is 0.383 e. The molecule has 0 unspecified atom stereocenters. The van der Waals surface area contributed by atoms with Crippen molar-refractivity contribution >= 4 is 0 Å². The summed E-state index contributed by atoms with van der Waals surface area (Å²) in [5, 5.41) is 0. The highest BCUT2D eigenvalue weighted by molar-refractivity contribution is 5.04. The number of rotatable bonds is 7. The first-order valence-corrected chi connectivity index (χ1v) is 6.10. The Bertz CT molecular complexity index is 208. The Kier molecular flexibility index (Phi) is 4.19. The Morgan fingerprint density at radius 3 is 2.38 bits per heavy atom.